The average Bonchev–Trinajstić information content (AvgIpc) is 2.95. The second-order valence-corrected chi connectivity index (χ2v) is 9.38. The Bertz CT molecular complexity index is 1500. The molecule has 0 saturated heterocycles. The Labute approximate surface area is 234 Å². The lowest BCUT2D eigenvalue weighted by Crippen LogP contribution is -2.14. The number of fused-ring (bicyclic) bond motifs is 2. The van der Waals surface area contributed by atoms with Gasteiger partial charge in [0.2, 0.25) is 0 Å². The van der Waals surface area contributed by atoms with E-state index in [2.05, 4.69) is 36.3 Å². The molecule has 0 radical (unpaired) electrons. The molecule has 0 aromatic heterocycles. The van der Waals surface area contributed by atoms with Crippen molar-refractivity contribution < 1.29 is 27.8 Å². The van der Waals surface area contributed by atoms with Crippen LogP contribution in [0.3, 0.4) is 0 Å². The molecule has 0 bridgehead atoms. The summed E-state index contributed by atoms with van der Waals surface area (Å²) in [5.41, 5.74) is 6.82. The van der Waals surface area contributed by atoms with Gasteiger partial charge in [0.05, 0.1) is 37.3 Å². The first kappa shape index (κ1) is 29.2. The third kappa shape index (κ3) is 6.69. The highest BCUT2D eigenvalue weighted by Crippen LogP contribution is 2.43. The van der Waals surface area contributed by atoms with Gasteiger partial charge in [-0.15, -0.1) is 0 Å². The highest BCUT2D eigenvalue weighted by atomic mass is 18.2. The number of anilines is 1. The molecule has 212 valence electrons. The van der Waals surface area contributed by atoms with E-state index >= 15 is 0 Å². The Kier molecular flexibility index (Phi) is 10.3. The molecule has 2 aliphatic rings. The predicted octanol–water partition coefficient (Wildman–Crippen LogP) is 6.33. The predicted molar refractivity (Wildman–Crippen MR) is 156 cm³/mol. The quantitative estimate of drug-likeness (QED) is 0.120. The van der Waals surface area contributed by atoms with E-state index in [-0.39, 0.29) is 19.8 Å². The molecule has 40 heavy (non-hydrogen) atoms. The molecular formula is C32H37FN2O5. The summed E-state index contributed by atoms with van der Waals surface area (Å²) >= 11 is 0. The van der Waals surface area contributed by atoms with E-state index in [1.165, 1.54) is 0 Å². The molecular weight excluding hydrogens is 510 g/mol. The van der Waals surface area contributed by atoms with Crippen molar-refractivity contribution in [3.8, 4) is 22.5 Å². The third-order valence-corrected chi connectivity index (χ3v) is 6.55. The molecule has 8 heteroatoms. The maximum atomic E-state index is 13.3. The number of halogens is 1. The lowest BCUT2D eigenvalue weighted by atomic mass is 9.89. The lowest BCUT2D eigenvalue weighted by molar-refractivity contribution is 0.0130. The Morgan fingerprint density at radius 3 is 2.42 bits per heavy atom. The largest absolute Gasteiger partial charge is 0.460 e. The molecule has 7 nitrogen and oxygen atoms in total. The summed E-state index contributed by atoms with van der Waals surface area (Å²) in [6.45, 7) is 10.0. The number of carbonyl (C=O) groups is 1. The third-order valence-electron chi connectivity index (χ3n) is 6.55. The van der Waals surface area contributed by atoms with Gasteiger partial charge in [0.25, 0.3) is 0 Å². The van der Waals surface area contributed by atoms with Crippen molar-refractivity contribution in [3.63, 3.8) is 0 Å². The molecule has 0 saturated carbocycles. The molecule has 1 aliphatic heterocycles. The first-order valence-corrected chi connectivity index (χ1v) is 13.7. The number of carbonyl (C=O) groups excluding carboxylic acids is 1. The minimum absolute atomic E-state index is 0.0510. The van der Waals surface area contributed by atoms with E-state index in [4.69, 9.17) is 18.6 Å². The molecule has 0 amide bonds. The molecule has 0 atom stereocenters. The number of nitrogens with zero attached hydrogens (tertiary/aromatic N) is 1. The highest BCUT2D eigenvalue weighted by molar-refractivity contribution is 6.08. The van der Waals surface area contributed by atoms with Crippen LogP contribution in [0.4, 0.5) is 10.1 Å². The summed E-state index contributed by atoms with van der Waals surface area (Å²) in [6, 6.07) is 15.6. The number of aryl methyl sites for hydroxylation is 2. The van der Waals surface area contributed by atoms with Crippen LogP contribution in [0.25, 0.3) is 33.4 Å². The van der Waals surface area contributed by atoms with Crippen LogP contribution in [0.15, 0.2) is 57.9 Å². The first-order valence-electron chi connectivity index (χ1n) is 13.7. The van der Waals surface area contributed by atoms with Gasteiger partial charge in [-0.3, -0.25) is 4.99 Å². The van der Waals surface area contributed by atoms with E-state index in [1.54, 1.807) is 6.07 Å². The molecule has 1 N–H and O–H groups in total. The Hall–Kier alpha value is -3.75. The second-order valence-electron chi connectivity index (χ2n) is 9.38. The summed E-state index contributed by atoms with van der Waals surface area (Å²) in [5.74, 6) is 0.253. The fraction of sp³-hybridized carbons (Fsp3) is 0.375. The average molecular weight is 548 g/mol. The molecule has 0 spiro atoms. The number of esters is 1. The fourth-order valence-electron chi connectivity index (χ4n) is 4.73. The van der Waals surface area contributed by atoms with E-state index in [9.17, 15) is 9.18 Å². The molecule has 0 unspecified atom stereocenters. The van der Waals surface area contributed by atoms with E-state index in [0.29, 0.717) is 36.7 Å². The molecule has 2 aromatic carbocycles. The van der Waals surface area contributed by atoms with Crippen molar-refractivity contribution in [1.29, 1.82) is 0 Å². The number of hydrogen-bond acceptors (Lipinski definition) is 7. The number of hydrogen-bond donors (Lipinski definition) is 1. The molecule has 1 heterocycles. The topological polar surface area (TPSA) is 82.3 Å². The molecule has 4 rings (SSSR count). The normalized spacial score (nSPS) is 11.9. The van der Waals surface area contributed by atoms with Crippen molar-refractivity contribution in [1.82, 2.24) is 0 Å². The van der Waals surface area contributed by atoms with Gasteiger partial charge < -0.3 is 23.9 Å². The van der Waals surface area contributed by atoms with Crippen molar-refractivity contribution in [2.45, 2.75) is 27.7 Å². The van der Waals surface area contributed by atoms with Crippen molar-refractivity contribution >= 4 is 22.6 Å². The maximum Gasteiger partial charge on any atom is 0.338 e. The highest BCUT2D eigenvalue weighted by Gasteiger charge is 2.23. The Balaban J connectivity index is 1.76. The number of alkyl halides is 1. The zero-order valence-electron chi connectivity index (χ0n) is 23.6. The minimum atomic E-state index is -0.526. The van der Waals surface area contributed by atoms with Crippen LogP contribution >= 0.6 is 0 Å². The van der Waals surface area contributed by atoms with Gasteiger partial charge in [-0.05, 0) is 62.6 Å². The minimum Gasteiger partial charge on any atom is -0.460 e. The van der Waals surface area contributed by atoms with Crippen LogP contribution in [0, 0.1) is 13.8 Å². The number of ether oxygens (including phenoxy) is 3. The van der Waals surface area contributed by atoms with Crippen LogP contribution in [-0.2, 0) is 14.2 Å². The van der Waals surface area contributed by atoms with Crippen LogP contribution in [0.1, 0.15) is 35.3 Å². The van der Waals surface area contributed by atoms with Gasteiger partial charge in [-0.25, -0.2) is 9.18 Å². The van der Waals surface area contributed by atoms with Gasteiger partial charge in [0.1, 0.15) is 24.6 Å². The summed E-state index contributed by atoms with van der Waals surface area (Å²) in [7, 11) is 0. The van der Waals surface area contributed by atoms with Crippen molar-refractivity contribution in [2.24, 2.45) is 4.99 Å². The van der Waals surface area contributed by atoms with Gasteiger partial charge in [0, 0.05) is 47.4 Å². The Morgan fingerprint density at radius 1 is 0.925 bits per heavy atom. The van der Waals surface area contributed by atoms with E-state index in [1.807, 2.05) is 44.2 Å². The summed E-state index contributed by atoms with van der Waals surface area (Å²) < 4.78 is 34.6. The second kappa shape index (κ2) is 14.1. The van der Waals surface area contributed by atoms with Crippen molar-refractivity contribution in [2.75, 3.05) is 58.1 Å². The number of rotatable bonds is 13. The molecule has 2 aromatic rings. The van der Waals surface area contributed by atoms with E-state index in [0.717, 1.165) is 50.8 Å². The van der Waals surface area contributed by atoms with Gasteiger partial charge >= 0.3 is 5.97 Å². The van der Waals surface area contributed by atoms with Gasteiger partial charge in [0.15, 0.2) is 0 Å². The smallest absolute Gasteiger partial charge is 0.338 e. The summed E-state index contributed by atoms with van der Waals surface area (Å²) in [5, 5.41) is 5.19. The van der Waals surface area contributed by atoms with Crippen LogP contribution in [-0.4, -0.2) is 58.8 Å². The number of nitrogens with one attached hydrogen (secondary N) is 1. The number of benzene rings is 3. The molecule has 0 fully saturated rings. The van der Waals surface area contributed by atoms with Crippen LogP contribution < -0.4 is 10.7 Å². The summed E-state index contributed by atoms with van der Waals surface area (Å²) in [4.78, 5) is 17.9. The Morgan fingerprint density at radius 2 is 1.68 bits per heavy atom. The fourth-order valence-corrected chi connectivity index (χ4v) is 4.73. The summed E-state index contributed by atoms with van der Waals surface area (Å²) in [6.07, 6.45) is 0. The SMILES string of the molecule is CCN=c1cc2oc3cc(NCC)c(C)cc3c(-c3ccccc3C(=O)OCCOCCOCC[18F])c-2cc1C. The van der Waals surface area contributed by atoms with Gasteiger partial charge in [-0.1, -0.05) is 18.2 Å². The molecule has 1 aliphatic carbocycles. The van der Waals surface area contributed by atoms with Gasteiger partial charge in [-0.2, -0.15) is 0 Å². The first-order chi connectivity index (χ1) is 19.5. The standard InChI is InChI=1S/C32H37FN2O5/c1-5-34-27-19-29-25(17-21(27)3)31(26-18-22(4)28(35-6-2)20-30(26)40-29)23-9-7-8-10-24(23)32(36)39-16-15-38-14-13-37-12-11-33/h7-10,17-20,34H,5-6,11-16H2,1-4H3/i33-1. The van der Waals surface area contributed by atoms with Crippen molar-refractivity contribution in [3.05, 3.63) is 70.6 Å². The van der Waals surface area contributed by atoms with E-state index < -0.39 is 12.6 Å². The lowest BCUT2D eigenvalue weighted by Gasteiger charge is -2.20. The monoisotopic (exact) mass is 547 g/mol. The zero-order valence-corrected chi connectivity index (χ0v) is 23.6. The zero-order chi connectivity index (χ0) is 28.5. The van der Waals surface area contributed by atoms with Crippen LogP contribution in [0.5, 0.6) is 0 Å². The maximum absolute atomic E-state index is 13.3. The van der Waals surface area contributed by atoms with Crippen LogP contribution in [0.2, 0.25) is 0 Å².